The molecule has 0 aliphatic carbocycles. The maximum absolute atomic E-state index is 6.08. The van der Waals surface area contributed by atoms with Gasteiger partial charge in [-0.2, -0.15) is 0 Å². The van der Waals surface area contributed by atoms with Gasteiger partial charge in [0.2, 0.25) is 0 Å². The SMILES string of the molecule is CCCOc1ccc(Cl)cc1NCc1ccc(C)c(C)c1. The number of anilines is 1. The van der Waals surface area contributed by atoms with Gasteiger partial charge < -0.3 is 10.1 Å². The van der Waals surface area contributed by atoms with Crippen LogP contribution in [0.1, 0.15) is 30.0 Å². The van der Waals surface area contributed by atoms with Gasteiger partial charge in [-0.1, -0.05) is 36.7 Å². The highest BCUT2D eigenvalue weighted by atomic mass is 35.5. The molecule has 0 saturated carbocycles. The molecule has 0 aromatic heterocycles. The van der Waals surface area contributed by atoms with E-state index in [1.165, 1.54) is 16.7 Å². The highest BCUT2D eigenvalue weighted by Crippen LogP contribution is 2.28. The quantitative estimate of drug-likeness (QED) is 0.776. The van der Waals surface area contributed by atoms with E-state index in [9.17, 15) is 0 Å². The Kier molecular flexibility index (Phi) is 5.51. The number of ether oxygens (including phenoxy) is 1. The van der Waals surface area contributed by atoms with Crippen LogP contribution in [0.25, 0.3) is 0 Å². The van der Waals surface area contributed by atoms with Crippen molar-refractivity contribution in [3.63, 3.8) is 0 Å². The van der Waals surface area contributed by atoms with Crippen molar-refractivity contribution in [2.45, 2.75) is 33.7 Å². The first-order valence-electron chi connectivity index (χ1n) is 7.32. The molecule has 2 aromatic rings. The van der Waals surface area contributed by atoms with Crippen molar-refractivity contribution in [1.29, 1.82) is 0 Å². The van der Waals surface area contributed by atoms with Crippen LogP contribution in [0.5, 0.6) is 5.75 Å². The van der Waals surface area contributed by atoms with Gasteiger partial charge in [0.15, 0.2) is 0 Å². The van der Waals surface area contributed by atoms with Crippen molar-refractivity contribution in [3.8, 4) is 5.75 Å². The van der Waals surface area contributed by atoms with E-state index in [-0.39, 0.29) is 0 Å². The van der Waals surface area contributed by atoms with Gasteiger partial charge in [-0.25, -0.2) is 0 Å². The Bertz CT molecular complexity index is 610. The van der Waals surface area contributed by atoms with Crippen molar-refractivity contribution in [3.05, 3.63) is 58.1 Å². The predicted octanol–water partition coefficient (Wildman–Crippen LogP) is 5.36. The Morgan fingerprint density at radius 3 is 2.57 bits per heavy atom. The van der Waals surface area contributed by atoms with E-state index >= 15 is 0 Å². The summed E-state index contributed by atoms with van der Waals surface area (Å²) in [6, 6.07) is 12.2. The molecule has 1 N–H and O–H groups in total. The van der Waals surface area contributed by atoms with E-state index in [2.05, 4.69) is 44.3 Å². The Balaban J connectivity index is 2.10. The summed E-state index contributed by atoms with van der Waals surface area (Å²) in [6.45, 7) is 7.82. The second-order valence-corrected chi connectivity index (χ2v) is 5.70. The number of rotatable bonds is 6. The number of hydrogen-bond acceptors (Lipinski definition) is 2. The average Bonchev–Trinajstić information content (AvgIpc) is 2.47. The zero-order valence-electron chi connectivity index (χ0n) is 12.9. The molecule has 3 heteroatoms. The van der Waals surface area contributed by atoms with E-state index in [0.717, 1.165) is 24.4 Å². The smallest absolute Gasteiger partial charge is 0.142 e. The van der Waals surface area contributed by atoms with E-state index in [0.29, 0.717) is 11.6 Å². The highest BCUT2D eigenvalue weighted by Gasteiger charge is 2.05. The summed E-state index contributed by atoms with van der Waals surface area (Å²) < 4.78 is 5.75. The zero-order valence-corrected chi connectivity index (χ0v) is 13.6. The predicted molar refractivity (Wildman–Crippen MR) is 90.5 cm³/mol. The van der Waals surface area contributed by atoms with Gasteiger partial charge in [0.1, 0.15) is 5.75 Å². The van der Waals surface area contributed by atoms with Gasteiger partial charge in [0.05, 0.1) is 12.3 Å². The Morgan fingerprint density at radius 1 is 1.05 bits per heavy atom. The first kappa shape index (κ1) is 15.7. The van der Waals surface area contributed by atoms with Crippen LogP contribution in [0.15, 0.2) is 36.4 Å². The number of benzene rings is 2. The van der Waals surface area contributed by atoms with Gasteiger partial charge in [-0.15, -0.1) is 0 Å². The maximum atomic E-state index is 6.08. The summed E-state index contributed by atoms with van der Waals surface area (Å²) >= 11 is 6.08. The summed E-state index contributed by atoms with van der Waals surface area (Å²) in [7, 11) is 0. The minimum absolute atomic E-state index is 0.708. The van der Waals surface area contributed by atoms with E-state index in [4.69, 9.17) is 16.3 Å². The molecule has 21 heavy (non-hydrogen) atoms. The van der Waals surface area contributed by atoms with Gasteiger partial charge in [0.25, 0.3) is 0 Å². The first-order valence-corrected chi connectivity index (χ1v) is 7.70. The van der Waals surface area contributed by atoms with Crippen LogP contribution in [0.3, 0.4) is 0 Å². The fourth-order valence-corrected chi connectivity index (χ4v) is 2.26. The molecule has 0 unspecified atom stereocenters. The third-order valence-electron chi connectivity index (χ3n) is 3.46. The fourth-order valence-electron chi connectivity index (χ4n) is 2.09. The van der Waals surface area contributed by atoms with Gasteiger partial charge in [-0.05, 0) is 55.2 Å². The largest absolute Gasteiger partial charge is 0.491 e. The normalized spacial score (nSPS) is 10.5. The van der Waals surface area contributed by atoms with Gasteiger partial charge >= 0.3 is 0 Å². The van der Waals surface area contributed by atoms with Crippen LogP contribution < -0.4 is 10.1 Å². The van der Waals surface area contributed by atoms with Gasteiger partial charge in [0, 0.05) is 11.6 Å². The molecule has 0 aliphatic heterocycles. The molecule has 0 bridgehead atoms. The van der Waals surface area contributed by atoms with Crippen LogP contribution in [0, 0.1) is 13.8 Å². The minimum atomic E-state index is 0.708. The number of nitrogens with one attached hydrogen (secondary N) is 1. The molecule has 0 fully saturated rings. The minimum Gasteiger partial charge on any atom is -0.491 e. The summed E-state index contributed by atoms with van der Waals surface area (Å²) in [6.07, 6.45) is 0.985. The van der Waals surface area contributed by atoms with Crippen LogP contribution in [0.2, 0.25) is 5.02 Å². The molecular weight excluding hydrogens is 282 g/mol. The van der Waals surface area contributed by atoms with Crippen molar-refractivity contribution < 1.29 is 4.74 Å². The van der Waals surface area contributed by atoms with Crippen LogP contribution in [0.4, 0.5) is 5.69 Å². The van der Waals surface area contributed by atoms with Gasteiger partial charge in [-0.3, -0.25) is 0 Å². The lowest BCUT2D eigenvalue weighted by Crippen LogP contribution is -2.04. The van der Waals surface area contributed by atoms with Crippen molar-refractivity contribution in [2.24, 2.45) is 0 Å². The van der Waals surface area contributed by atoms with E-state index in [1.54, 1.807) is 0 Å². The lowest BCUT2D eigenvalue weighted by atomic mass is 10.1. The summed E-state index contributed by atoms with van der Waals surface area (Å²) in [5, 5.41) is 4.13. The Labute approximate surface area is 132 Å². The molecular formula is C18H22ClNO. The molecule has 2 rings (SSSR count). The fraction of sp³-hybridized carbons (Fsp3) is 0.333. The molecule has 0 radical (unpaired) electrons. The summed E-state index contributed by atoms with van der Waals surface area (Å²) in [5.74, 6) is 0.852. The molecule has 0 heterocycles. The number of halogens is 1. The Hall–Kier alpha value is -1.67. The van der Waals surface area contributed by atoms with E-state index < -0.39 is 0 Å². The molecule has 112 valence electrons. The van der Waals surface area contributed by atoms with Crippen molar-refractivity contribution in [2.75, 3.05) is 11.9 Å². The molecule has 0 atom stereocenters. The number of hydrogen-bond donors (Lipinski definition) is 1. The average molecular weight is 304 g/mol. The highest BCUT2D eigenvalue weighted by molar-refractivity contribution is 6.30. The topological polar surface area (TPSA) is 21.3 Å². The maximum Gasteiger partial charge on any atom is 0.142 e. The van der Waals surface area contributed by atoms with Crippen molar-refractivity contribution in [1.82, 2.24) is 0 Å². The third-order valence-corrected chi connectivity index (χ3v) is 3.69. The lowest BCUT2D eigenvalue weighted by Gasteiger charge is -2.14. The second kappa shape index (κ2) is 7.37. The van der Waals surface area contributed by atoms with Crippen molar-refractivity contribution >= 4 is 17.3 Å². The standard InChI is InChI=1S/C18H22ClNO/c1-4-9-21-18-8-7-16(19)11-17(18)20-12-15-6-5-13(2)14(3)10-15/h5-8,10-11,20H,4,9,12H2,1-3H3. The molecule has 0 spiro atoms. The molecule has 0 aliphatic rings. The summed E-state index contributed by atoms with van der Waals surface area (Å²) in [4.78, 5) is 0. The Morgan fingerprint density at radius 2 is 1.86 bits per heavy atom. The summed E-state index contributed by atoms with van der Waals surface area (Å²) in [5.41, 5.74) is 4.81. The second-order valence-electron chi connectivity index (χ2n) is 5.26. The monoisotopic (exact) mass is 303 g/mol. The molecule has 2 aromatic carbocycles. The van der Waals surface area contributed by atoms with Crippen LogP contribution in [-0.2, 0) is 6.54 Å². The third kappa shape index (κ3) is 4.40. The first-order chi connectivity index (χ1) is 10.1. The number of aryl methyl sites for hydroxylation is 2. The molecule has 0 amide bonds. The zero-order chi connectivity index (χ0) is 15.2. The van der Waals surface area contributed by atoms with E-state index in [1.807, 2.05) is 18.2 Å². The molecule has 0 saturated heterocycles. The van der Waals surface area contributed by atoms with Crippen LogP contribution in [-0.4, -0.2) is 6.61 Å². The molecule has 2 nitrogen and oxygen atoms in total. The lowest BCUT2D eigenvalue weighted by molar-refractivity contribution is 0.319. The van der Waals surface area contributed by atoms with Crippen LogP contribution >= 0.6 is 11.6 Å².